The van der Waals surface area contributed by atoms with Crippen molar-refractivity contribution in [1.29, 1.82) is 0 Å². The van der Waals surface area contributed by atoms with Gasteiger partial charge in [-0.2, -0.15) is 11.8 Å². The predicted molar refractivity (Wildman–Crippen MR) is 70.5 cm³/mol. The van der Waals surface area contributed by atoms with E-state index in [0.29, 0.717) is 4.75 Å². The maximum absolute atomic E-state index is 5.96. The van der Waals surface area contributed by atoms with Gasteiger partial charge in [-0.1, -0.05) is 13.3 Å². The van der Waals surface area contributed by atoms with Gasteiger partial charge in [0.2, 0.25) is 0 Å². The molecule has 0 aromatic rings. The lowest BCUT2D eigenvalue weighted by molar-refractivity contribution is 0.0948. The molecule has 0 radical (unpaired) electrons. The highest BCUT2D eigenvalue weighted by molar-refractivity contribution is 8.00. The molecular weight excluding hydrogens is 204 g/mol. The Morgan fingerprint density at radius 1 is 1.47 bits per heavy atom. The minimum atomic E-state index is 0.215. The molecule has 0 aromatic heterocycles. The van der Waals surface area contributed by atoms with Crippen LogP contribution in [0, 0.1) is 0 Å². The van der Waals surface area contributed by atoms with Crippen LogP contribution >= 0.6 is 11.8 Å². The van der Waals surface area contributed by atoms with Crippen LogP contribution in [-0.2, 0) is 0 Å². The van der Waals surface area contributed by atoms with Gasteiger partial charge in [-0.05, 0) is 27.2 Å². The van der Waals surface area contributed by atoms with E-state index >= 15 is 0 Å². The molecule has 3 heteroatoms. The van der Waals surface area contributed by atoms with Crippen LogP contribution in [0.15, 0.2) is 0 Å². The van der Waals surface area contributed by atoms with E-state index in [4.69, 9.17) is 5.73 Å². The van der Waals surface area contributed by atoms with Crippen molar-refractivity contribution >= 4 is 11.8 Å². The molecule has 1 fully saturated rings. The number of nitrogens with two attached hydrogens (primary N) is 1. The Morgan fingerprint density at radius 2 is 2.13 bits per heavy atom. The molecule has 1 aliphatic rings. The molecule has 0 bridgehead atoms. The first-order valence-corrected chi connectivity index (χ1v) is 7.01. The Kier molecular flexibility index (Phi) is 4.50. The molecule has 2 nitrogen and oxygen atoms in total. The minimum Gasteiger partial charge on any atom is -0.329 e. The second-order valence-corrected chi connectivity index (χ2v) is 7.28. The average Bonchev–Trinajstić information content (AvgIpc) is 2.16. The van der Waals surface area contributed by atoms with Crippen molar-refractivity contribution in [2.24, 2.45) is 5.73 Å². The van der Waals surface area contributed by atoms with Crippen molar-refractivity contribution < 1.29 is 0 Å². The number of thioether (sulfide) groups is 1. The Hall–Kier alpha value is 0.270. The van der Waals surface area contributed by atoms with Crippen molar-refractivity contribution in [3.05, 3.63) is 0 Å². The zero-order valence-electron chi connectivity index (χ0n) is 10.7. The summed E-state index contributed by atoms with van der Waals surface area (Å²) in [5.74, 6) is 1.24. The molecule has 0 aliphatic carbocycles. The fourth-order valence-electron chi connectivity index (χ4n) is 2.41. The summed E-state index contributed by atoms with van der Waals surface area (Å²) in [7, 11) is 0. The van der Waals surface area contributed by atoms with E-state index in [1.165, 1.54) is 31.7 Å². The first-order chi connectivity index (χ1) is 6.93. The van der Waals surface area contributed by atoms with Gasteiger partial charge in [-0.3, -0.25) is 4.90 Å². The van der Waals surface area contributed by atoms with Crippen molar-refractivity contribution in [3.8, 4) is 0 Å². The SMILES string of the molecule is CCCC(C)(CN)N1CCSC(C)(C)C1. The van der Waals surface area contributed by atoms with E-state index in [1.807, 2.05) is 0 Å². The zero-order chi connectivity index (χ0) is 11.5. The third-order valence-electron chi connectivity index (χ3n) is 3.42. The Bertz CT molecular complexity index is 206. The number of nitrogens with zero attached hydrogens (tertiary/aromatic N) is 1. The van der Waals surface area contributed by atoms with Crippen molar-refractivity contribution in [1.82, 2.24) is 4.90 Å². The summed E-state index contributed by atoms with van der Waals surface area (Å²) >= 11 is 2.09. The lowest BCUT2D eigenvalue weighted by Gasteiger charge is -2.47. The van der Waals surface area contributed by atoms with E-state index in [9.17, 15) is 0 Å². The third-order valence-corrected chi connectivity index (χ3v) is 4.71. The van der Waals surface area contributed by atoms with Crippen LogP contribution in [0.4, 0.5) is 0 Å². The largest absolute Gasteiger partial charge is 0.329 e. The first-order valence-electron chi connectivity index (χ1n) is 6.02. The topological polar surface area (TPSA) is 29.3 Å². The van der Waals surface area contributed by atoms with Crippen LogP contribution in [0.1, 0.15) is 40.5 Å². The Balaban J connectivity index is 2.67. The van der Waals surface area contributed by atoms with Gasteiger partial charge >= 0.3 is 0 Å². The lowest BCUT2D eigenvalue weighted by atomic mass is 9.92. The molecule has 1 heterocycles. The summed E-state index contributed by atoms with van der Waals surface area (Å²) in [4.78, 5) is 2.60. The summed E-state index contributed by atoms with van der Waals surface area (Å²) in [6.07, 6.45) is 2.43. The molecule has 1 unspecified atom stereocenters. The van der Waals surface area contributed by atoms with E-state index in [1.54, 1.807) is 0 Å². The van der Waals surface area contributed by atoms with Crippen molar-refractivity contribution in [2.75, 3.05) is 25.4 Å². The monoisotopic (exact) mass is 230 g/mol. The number of rotatable bonds is 4. The predicted octanol–water partition coefficient (Wildman–Crippen LogP) is 2.33. The Labute approximate surface area is 99.0 Å². The van der Waals surface area contributed by atoms with Gasteiger partial charge in [0.25, 0.3) is 0 Å². The lowest BCUT2D eigenvalue weighted by Crippen LogP contribution is -2.57. The van der Waals surface area contributed by atoms with Crippen molar-refractivity contribution in [2.45, 2.75) is 50.8 Å². The molecule has 0 amide bonds. The third kappa shape index (κ3) is 3.36. The molecule has 0 spiro atoms. The first kappa shape index (κ1) is 13.3. The highest BCUT2D eigenvalue weighted by Crippen LogP contribution is 2.34. The van der Waals surface area contributed by atoms with Gasteiger partial charge in [0.05, 0.1) is 0 Å². The average molecular weight is 230 g/mol. The summed E-state index contributed by atoms with van der Waals surface area (Å²) in [6, 6.07) is 0. The van der Waals surface area contributed by atoms with E-state index < -0.39 is 0 Å². The summed E-state index contributed by atoms with van der Waals surface area (Å²) in [5, 5.41) is 0. The smallest absolute Gasteiger partial charge is 0.0304 e. The van der Waals surface area contributed by atoms with Gasteiger partial charge in [0.15, 0.2) is 0 Å². The van der Waals surface area contributed by atoms with Crippen LogP contribution in [0.2, 0.25) is 0 Å². The van der Waals surface area contributed by atoms with Crippen LogP contribution in [0.5, 0.6) is 0 Å². The molecule has 15 heavy (non-hydrogen) atoms. The standard InChI is InChI=1S/C12H26N2S/c1-5-6-12(4,9-13)14-7-8-15-11(2,3)10-14/h5-10,13H2,1-4H3. The normalized spacial score (nSPS) is 26.2. The molecule has 1 atom stereocenters. The highest BCUT2D eigenvalue weighted by atomic mass is 32.2. The fourth-order valence-corrected chi connectivity index (χ4v) is 3.52. The minimum absolute atomic E-state index is 0.215. The van der Waals surface area contributed by atoms with Gasteiger partial charge in [0.1, 0.15) is 0 Å². The molecule has 1 aliphatic heterocycles. The van der Waals surface area contributed by atoms with Crippen LogP contribution in [0.3, 0.4) is 0 Å². The maximum atomic E-state index is 5.96. The highest BCUT2D eigenvalue weighted by Gasteiger charge is 2.36. The summed E-state index contributed by atoms with van der Waals surface area (Å²) in [5.41, 5.74) is 6.18. The summed E-state index contributed by atoms with van der Waals surface area (Å²) in [6.45, 7) is 12.4. The van der Waals surface area contributed by atoms with E-state index in [2.05, 4.69) is 44.4 Å². The van der Waals surface area contributed by atoms with Gasteiger partial charge in [-0.25, -0.2) is 0 Å². The van der Waals surface area contributed by atoms with Gasteiger partial charge < -0.3 is 5.73 Å². The molecule has 0 aromatic carbocycles. The molecular formula is C12H26N2S. The summed E-state index contributed by atoms with van der Waals surface area (Å²) < 4.78 is 0.391. The molecule has 1 rings (SSSR count). The van der Waals surface area contributed by atoms with Gasteiger partial charge in [0, 0.05) is 35.7 Å². The molecule has 90 valence electrons. The van der Waals surface area contributed by atoms with E-state index in [-0.39, 0.29) is 5.54 Å². The molecule has 1 saturated heterocycles. The van der Waals surface area contributed by atoms with Crippen LogP contribution in [-0.4, -0.2) is 40.6 Å². The zero-order valence-corrected chi connectivity index (χ0v) is 11.5. The molecule has 2 N–H and O–H groups in total. The van der Waals surface area contributed by atoms with Crippen LogP contribution in [0.25, 0.3) is 0 Å². The van der Waals surface area contributed by atoms with E-state index in [0.717, 1.165) is 6.54 Å². The van der Waals surface area contributed by atoms with Crippen LogP contribution < -0.4 is 5.73 Å². The van der Waals surface area contributed by atoms with Crippen molar-refractivity contribution in [3.63, 3.8) is 0 Å². The fraction of sp³-hybridized carbons (Fsp3) is 1.00. The van der Waals surface area contributed by atoms with Gasteiger partial charge in [-0.15, -0.1) is 0 Å². The second-order valence-electron chi connectivity index (χ2n) is 5.48. The Morgan fingerprint density at radius 3 is 2.60 bits per heavy atom. The molecule has 0 saturated carbocycles. The number of hydrogen-bond acceptors (Lipinski definition) is 3. The maximum Gasteiger partial charge on any atom is 0.0304 e. The number of hydrogen-bond donors (Lipinski definition) is 1. The second kappa shape index (κ2) is 5.07. The quantitative estimate of drug-likeness (QED) is 0.804.